The molecule has 3 nitrogen and oxygen atoms in total. The molecule has 3 heteroatoms. The van der Waals surface area contributed by atoms with Crippen LogP contribution < -0.4 is 4.74 Å². The van der Waals surface area contributed by atoms with Crippen molar-refractivity contribution < 1.29 is 9.53 Å². The molecule has 0 bridgehead atoms. The first kappa shape index (κ1) is 8.46. The van der Waals surface area contributed by atoms with Crippen molar-refractivity contribution in [2.24, 2.45) is 0 Å². The van der Waals surface area contributed by atoms with Crippen LogP contribution in [0, 0.1) is 0 Å². The number of hydrogen-bond acceptors (Lipinski definition) is 3. The summed E-state index contributed by atoms with van der Waals surface area (Å²) >= 11 is 0. The highest BCUT2D eigenvalue weighted by molar-refractivity contribution is 5.70. The molecule has 0 radical (unpaired) electrons. The van der Waals surface area contributed by atoms with Crippen LogP contribution in [-0.4, -0.2) is 11.0 Å². The molecule has 0 unspecified atom stereocenters. The number of rotatable bonds is 2. The van der Waals surface area contributed by atoms with Crippen molar-refractivity contribution in [1.82, 2.24) is 4.98 Å². The molecule has 1 aromatic rings. The summed E-state index contributed by atoms with van der Waals surface area (Å²) in [6.45, 7) is 4.89. The molecule has 0 aliphatic carbocycles. The Labute approximate surface area is 70.7 Å². The normalized spacial score (nSPS) is 9.08. The quantitative estimate of drug-likeness (QED) is 0.622. The molecule has 0 N–H and O–H groups in total. The van der Waals surface area contributed by atoms with Gasteiger partial charge in [0, 0.05) is 13.1 Å². The highest BCUT2D eigenvalue weighted by Crippen LogP contribution is 2.15. The van der Waals surface area contributed by atoms with Crippen LogP contribution in [0.3, 0.4) is 0 Å². The average Bonchev–Trinajstić information content (AvgIpc) is 2.04. The third-order valence-electron chi connectivity index (χ3n) is 1.25. The lowest BCUT2D eigenvalue weighted by Crippen LogP contribution is -2.03. The van der Waals surface area contributed by atoms with E-state index < -0.39 is 0 Å². The van der Waals surface area contributed by atoms with Crippen molar-refractivity contribution in [3.63, 3.8) is 0 Å². The Morgan fingerprint density at radius 2 is 2.50 bits per heavy atom. The van der Waals surface area contributed by atoms with E-state index in [4.69, 9.17) is 4.74 Å². The Bertz CT molecular complexity index is 307. The zero-order valence-electron chi connectivity index (χ0n) is 6.78. The lowest BCUT2D eigenvalue weighted by Gasteiger charge is -2.02. The lowest BCUT2D eigenvalue weighted by molar-refractivity contribution is -0.131. The molecule has 0 spiro atoms. The number of esters is 1. The van der Waals surface area contributed by atoms with E-state index in [9.17, 15) is 4.79 Å². The lowest BCUT2D eigenvalue weighted by atomic mass is 10.3. The van der Waals surface area contributed by atoms with Gasteiger partial charge in [-0.25, -0.2) is 0 Å². The fourth-order valence-corrected chi connectivity index (χ4v) is 0.797. The highest BCUT2D eigenvalue weighted by Gasteiger charge is 2.02. The number of carbonyl (C=O) groups is 1. The van der Waals surface area contributed by atoms with Gasteiger partial charge in [-0.15, -0.1) is 0 Å². The van der Waals surface area contributed by atoms with E-state index in [1.807, 2.05) is 0 Å². The molecule has 1 rings (SSSR count). The van der Waals surface area contributed by atoms with Crippen molar-refractivity contribution in [3.05, 3.63) is 30.6 Å². The second kappa shape index (κ2) is 3.67. The Balaban J connectivity index is 2.96. The van der Waals surface area contributed by atoms with Gasteiger partial charge < -0.3 is 4.74 Å². The first-order valence-electron chi connectivity index (χ1n) is 3.50. The molecular formula is C9H9NO2. The standard InChI is InChI=1S/C9H9NO2/c1-3-8-9(12-7(2)11)5-4-6-10-8/h3-6H,1H2,2H3. The smallest absolute Gasteiger partial charge is 0.308 e. The number of pyridine rings is 1. The summed E-state index contributed by atoms with van der Waals surface area (Å²) in [6, 6.07) is 3.37. The first-order chi connectivity index (χ1) is 5.74. The Morgan fingerprint density at radius 1 is 1.75 bits per heavy atom. The molecule has 0 saturated heterocycles. The van der Waals surface area contributed by atoms with Gasteiger partial charge in [-0.3, -0.25) is 9.78 Å². The number of hydrogen-bond donors (Lipinski definition) is 0. The Morgan fingerprint density at radius 3 is 3.08 bits per heavy atom. The maximum absolute atomic E-state index is 10.6. The molecular weight excluding hydrogens is 154 g/mol. The van der Waals surface area contributed by atoms with Crippen LogP contribution in [0.25, 0.3) is 6.08 Å². The molecule has 0 atom stereocenters. The predicted octanol–water partition coefficient (Wildman–Crippen LogP) is 1.65. The molecule has 12 heavy (non-hydrogen) atoms. The van der Waals surface area contributed by atoms with E-state index >= 15 is 0 Å². The third kappa shape index (κ3) is 1.92. The van der Waals surface area contributed by atoms with Crippen LogP contribution >= 0.6 is 0 Å². The van der Waals surface area contributed by atoms with Gasteiger partial charge in [0.2, 0.25) is 0 Å². The summed E-state index contributed by atoms with van der Waals surface area (Å²) in [6.07, 6.45) is 3.16. The number of carbonyl (C=O) groups excluding carboxylic acids is 1. The van der Waals surface area contributed by atoms with Crippen molar-refractivity contribution in [2.75, 3.05) is 0 Å². The van der Waals surface area contributed by atoms with E-state index in [1.165, 1.54) is 13.0 Å². The summed E-state index contributed by atoms with van der Waals surface area (Å²) in [5, 5.41) is 0. The monoisotopic (exact) mass is 163 g/mol. The highest BCUT2D eigenvalue weighted by atomic mass is 16.5. The summed E-state index contributed by atoms with van der Waals surface area (Å²) in [7, 11) is 0. The summed E-state index contributed by atoms with van der Waals surface area (Å²) in [4.78, 5) is 14.6. The minimum absolute atomic E-state index is 0.355. The molecule has 0 amide bonds. The van der Waals surface area contributed by atoms with Gasteiger partial charge in [0.25, 0.3) is 0 Å². The minimum atomic E-state index is -0.355. The molecule has 0 aliphatic heterocycles. The largest absolute Gasteiger partial charge is 0.424 e. The first-order valence-corrected chi connectivity index (χ1v) is 3.50. The Hall–Kier alpha value is -1.64. The summed E-state index contributed by atoms with van der Waals surface area (Å²) in [5.41, 5.74) is 0.577. The summed E-state index contributed by atoms with van der Waals surface area (Å²) < 4.78 is 4.86. The zero-order valence-corrected chi connectivity index (χ0v) is 6.78. The fraction of sp³-hybridized carbons (Fsp3) is 0.111. The van der Waals surface area contributed by atoms with Crippen LogP contribution in [0.4, 0.5) is 0 Å². The number of ether oxygens (including phenoxy) is 1. The SMILES string of the molecule is C=Cc1ncccc1OC(C)=O. The molecule has 0 saturated carbocycles. The van der Waals surface area contributed by atoms with Gasteiger partial charge in [0.1, 0.15) is 5.69 Å². The third-order valence-corrected chi connectivity index (χ3v) is 1.25. The molecule has 62 valence electrons. The molecule has 0 aliphatic rings. The molecule has 0 fully saturated rings. The van der Waals surface area contributed by atoms with Gasteiger partial charge in [-0.2, -0.15) is 0 Å². The van der Waals surface area contributed by atoms with Crippen LogP contribution in [0.15, 0.2) is 24.9 Å². The van der Waals surface area contributed by atoms with Gasteiger partial charge in [-0.1, -0.05) is 6.58 Å². The number of nitrogens with zero attached hydrogens (tertiary/aromatic N) is 1. The van der Waals surface area contributed by atoms with Crippen LogP contribution in [-0.2, 0) is 4.79 Å². The minimum Gasteiger partial charge on any atom is -0.424 e. The van der Waals surface area contributed by atoms with E-state index in [-0.39, 0.29) is 5.97 Å². The van der Waals surface area contributed by atoms with Gasteiger partial charge in [-0.05, 0) is 18.2 Å². The fourth-order valence-electron chi connectivity index (χ4n) is 0.797. The average molecular weight is 163 g/mol. The van der Waals surface area contributed by atoms with E-state index in [0.29, 0.717) is 11.4 Å². The van der Waals surface area contributed by atoms with Crippen LogP contribution in [0.1, 0.15) is 12.6 Å². The molecule has 1 heterocycles. The van der Waals surface area contributed by atoms with Crippen molar-refractivity contribution in [1.29, 1.82) is 0 Å². The zero-order chi connectivity index (χ0) is 8.97. The van der Waals surface area contributed by atoms with Crippen LogP contribution in [0.5, 0.6) is 5.75 Å². The van der Waals surface area contributed by atoms with Crippen molar-refractivity contribution in [3.8, 4) is 5.75 Å². The van der Waals surface area contributed by atoms with Gasteiger partial charge in [0.15, 0.2) is 5.75 Å². The van der Waals surface area contributed by atoms with Gasteiger partial charge >= 0.3 is 5.97 Å². The van der Waals surface area contributed by atoms with E-state index in [2.05, 4.69) is 11.6 Å². The maximum Gasteiger partial charge on any atom is 0.308 e. The molecule has 1 aromatic heterocycles. The predicted molar refractivity (Wildman–Crippen MR) is 45.6 cm³/mol. The Kier molecular flexibility index (Phi) is 2.58. The van der Waals surface area contributed by atoms with Crippen LogP contribution in [0.2, 0.25) is 0 Å². The second-order valence-corrected chi connectivity index (χ2v) is 2.18. The molecule has 0 aromatic carbocycles. The summed E-state index contributed by atoms with van der Waals surface area (Å²) in [5.74, 6) is 0.0890. The topological polar surface area (TPSA) is 39.2 Å². The second-order valence-electron chi connectivity index (χ2n) is 2.18. The number of aromatic nitrogens is 1. The van der Waals surface area contributed by atoms with Gasteiger partial charge in [0.05, 0.1) is 0 Å². The van der Waals surface area contributed by atoms with Crippen molar-refractivity contribution >= 4 is 12.0 Å². The van der Waals surface area contributed by atoms with E-state index in [1.54, 1.807) is 18.3 Å². The van der Waals surface area contributed by atoms with Crippen molar-refractivity contribution in [2.45, 2.75) is 6.92 Å². The van der Waals surface area contributed by atoms with E-state index in [0.717, 1.165) is 0 Å². The maximum atomic E-state index is 10.6.